The van der Waals surface area contributed by atoms with Crippen LogP contribution >= 0.6 is 23.8 Å². The quantitative estimate of drug-likeness (QED) is 0.392. The molecule has 0 bridgehead atoms. The fourth-order valence-electron chi connectivity index (χ4n) is 1.45. The van der Waals surface area contributed by atoms with Gasteiger partial charge >= 0.3 is 7.82 Å². The van der Waals surface area contributed by atoms with E-state index in [0.29, 0.717) is 11.3 Å². The fourth-order valence-corrected chi connectivity index (χ4v) is 2.90. The van der Waals surface area contributed by atoms with Crippen molar-refractivity contribution in [3.05, 3.63) is 29.8 Å². The van der Waals surface area contributed by atoms with Crippen LogP contribution in [0.3, 0.4) is 0 Å². The third-order valence-corrected chi connectivity index (χ3v) is 4.29. The summed E-state index contributed by atoms with van der Waals surface area (Å²) in [5.74, 6) is 0.295. The van der Waals surface area contributed by atoms with Crippen molar-refractivity contribution in [2.24, 2.45) is 0 Å². The summed E-state index contributed by atoms with van der Waals surface area (Å²) in [6.07, 6.45) is 0. The Kier molecular flexibility index (Phi) is 6.89. The van der Waals surface area contributed by atoms with E-state index in [1.54, 1.807) is 45.0 Å². The van der Waals surface area contributed by atoms with E-state index < -0.39 is 7.82 Å². The number of phosphoric acid groups is 1. The van der Waals surface area contributed by atoms with Gasteiger partial charge in [-0.25, -0.2) is 4.57 Å². The SMILES string of the molecule is CCOP(=O)(OCC)Oc1ccc(C(=O)C(C)Br)cc1. The van der Waals surface area contributed by atoms with Crippen molar-refractivity contribution >= 4 is 29.5 Å². The zero-order valence-electron chi connectivity index (χ0n) is 11.7. The molecule has 5 nitrogen and oxygen atoms in total. The molecule has 1 atom stereocenters. The van der Waals surface area contributed by atoms with Gasteiger partial charge in [0.05, 0.1) is 18.0 Å². The number of alkyl halides is 1. The first kappa shape index (κ1) is 17.4. The van der Waals surface area contributed by atoms with Crippen molar-refractivity contribution < 1.29 is 22.9 Å². The molecule has 0 amide bonds. The Bertz CT molecular complexity index is 476. The number of hydrogen-bond acceptors (Lipinski definition) is 5. The van der Waals surface area contributed by atoms with E-state index in [-0.39, 0.29) is 23.8 Å². The van der Waals surface area contributed by atoms with Crippen LogP contribution in [-0.4, -0.2) is 23.8 Å². The van der Waals surface area contributed by atoms with Crippen molar-refractivity contribution in [1.29, 1.82) is 0 Å². The Labute approximate surface area is 127 Å². The summed E-state index contributed by atoms with van der Waals surface area (Å²) < 4.78 is 27.5. The van der Waals surface area contributed by atoms with Crippen LogP contribution in [0.5, 0.6) is 5.75 Å². The molecule has 7 heteroatoms. The van der Waals surface area contributed by atoms with Crippen LogP contribution in [0, 0.1) is 0 Å². The molecule has 0 aliphatic rings. The minimum atomic E-state index is -3.59. The van der Waals surface area contributed by atoms with Crippen LogP contribution in [0.15, 0.2) is 24.3 Å². The van der Waals surface area contributed by atoms with Crippen LogP contribution in [0.4, 0.5) is 0 Å². The molecule has 1 rings (SSSR count). The van der Waals surface area contributed by atoms with Gasteiger partial charge in [0, 0.05) is 5.56 Å². The molecular formula is C13H18BrO5P. The lowest BCUT2D eigenvalue weighted by atomic mass is 10.1. The molecule has 0 heterocycles. The first-order valence-corrected chi connectivity index (χ1v) is 8.66. The molecule has 0 fully saturated rings. The smallest absolute Gasteiger partial charge is 0.404 e. The maximum atomic E-state index is 12.2. The van der Waals surface area contributed by atoms with Gasteiger partial charge in [-0.15, -0.1) is 0 Å². The maximum absolute atomic E-state index is 12.2. The van der Waals surface area contributed by atoms with Gasteiger partial charge in [0.15, 0.2) is 5.78 Å². The zero-order valence-corrected chi connectivity index (χ0v) is 14.1. The largest absolute Gasteiger partial charge is 0.530 e. The molecule has 0 spiro atoms. The van der Waals surface area contributed by atoms with E-state index in [2.05, 4.69) is 15.9 Å². The van der Waals surface area contributed by atoms with Crippen LogP contribution in [-0.2, 0) is 13.6 Å². The number of carbonyl (C=O) groups is 1. The van der Waals surface area contributed by atoms with Crippen molar-refractivity contribution in [1.82, 2.24) is 0 Å². The molecule has 1 aromatic carbocycles. The van der Waals surface area contributed by atoms with E-state index in [0.717, 1.165) is 0 Å². The highest BCUT2D eigenvalue weighted by Crippen LogP contribution is 2.49. The van der Waals surface area contributed by atoms with Crippen LogP contribution in [0.25, 0.3) is 0 Å². The Balaban J connectivity index is 2.83. The predicted octanol–water partition coefficient (Wildman–Crippen LogP) is 4.21. The van der Waals surface area contributed by atoms with E-state index >= 15 is 0 Å². The number of carbonyl (C=O) groups excluding carboxylic acids is 1. The van der Waals surface area contributed by atoms with Crippen molar-refractivity contribution in [2.45, 2.75) is 25.6 Å². The molecule has 112 valence electrons. The Hall–Kier alpha value is -0.680. The number of hydrogen-bond donors (Lipinski definition) is 0. The predicted molar refractivity (Wildman–Crippen MR) is 80.6 cm³/mol. The molecular weight excluding hydrogens is 347 g/mol. The lowest BCUT2D eigenvalue weighted by Gasteiger charge is -2.17. The Morgan fingerprint density at radius 1 is 1.20 bits per heavy atom. The molecule has 0 aliphatic heterocycles. The van der Waals surface area contributed by atoms with Crippen LogP contribution in [0.1, 0.15) is 31.1 Å². The standard InChI is InChI=1S/C13H18BrO5P/c1-4-17-20(16,18-5-2)19-12-8-6-11(7-9-12)13(15)10(3)14/h6-10H,4-5H2,1-3H3. The summed E-state index contributed by atoms with van der Waals surface area (Å²) in [4.78, 5) is 11.5. The summed E-state index contributed by atoms with van der Waals surface area (Å²) in [5.41, 5.74) is 0.546. The number of Topliss-reactive ketones (excluding diaryl/α,β-unsaturated/α-hetero) is 1. The van der Waals surface area contributed by atoms with Crippen LogP contribution in [0.2, 0.25) is 0 Å². The van der Waals surface area contributed by atoms with Gasteiger partial charge in [-0.05, 0) is 45.0 Å². The number of phosphoric ester groups is 1. The monoisotopic (exact) mass is 364 g/mol. The topological polar surface area (TPSA) is 61.8 Å². The van der Waals surface area contributed by atoms with Gasteiger partial charge in [0.25, 0.3) is 0 Å². The minimum absolute atomic E-state index is 0.0330. The van der Waals surface area contributed by atoms with Gasteiger partial charge < -0.3 is 4.52 Å². The Morgan fingerprint density at radius 3 is 2.10 bits per heavy atom. The summed E-state index contributed by atoms with van der Waals surface area (Å²) in [6.45, 7) is 5.59. The second-order valence-corrected chi connectivity index (χ2v) is 6.85. The summed E-state index contributed by atoms with van der Waals surface area (Å²) in [6, 6.07) is 6.34. The lowest BCUT2D eigenvalue weighted by Crippen LogP contribution is -2.09. The number of ketones is 1. The second-order valence-electron chi connectivity index (χ2n) is 3.88. The highest BCUT2D eigenvalue weighted by molar-refractivity contribution is 9.10. The molecule has 0 radical (unpaired) electrons. The van der Waals surface area contributed by atoms with E-state index in [1.165, 1.54) is 0 Å². The number of benzene rings is 1. The summed E-state index contributed by atoms with van der Waals surface area (Å²) in [7, 11) is -3.59. The van der Waals surface area contributed by atoms with Crippen molar-refractivity contribution in [3.8, 4) is 5.75 Å². The van der Waals surface area contributed by atoms with Gasteiger partial charge in [0.2, 0.25) is 0 Å². The second kappa shape index (κ2) is 7.93. The molecule has 1 unspecified atom stereocenters. The molecule has 0 N–H and O–H groups in total. The summed E-state index contributed by atoms with van der Waals surface area (Å²) in [5, 5.41) is 0. The highest BCUT2D eigenvalue weighted by atomic mass is 79.9. The van der Waals surface area contributed by atoms with E-state index in [4.69, 9.17) is 13.6 Å². The molecule has 0 saturated heterocycles. The van der Waals surface area contributed by atoms with E-state index in [1.807, 2.05) is 0 Å². The molecule has 0 saturated carbocycles. The lowest BCUT2D eigenvalue weighted by molar-refractivity contribution is 0.0996. The molecule has 1 aromatic rings. The van der Waals surface area contributed by atoms with Crippen molar-refractivity contribution in [3.63, 3.8) is 0 Å². The average Bonchev–Trinajstić information content (AvgIpc) is 2.39. The first-order valence-electron chi connectivity index (χ1n) is 6.29. The maximum Gasteiger partial charge on any atom is 0.530 e. The average molecular weight is 365 g/mol. The number of halogens is 1. The highest BCUT2D eigenvalue weighted by Gasteiger charge is 2.27. The molecule has 0 aromatic heterocycles. The Morgan fingerprint density at radius 2 is 1.70 bits per heavy atom. The van der Waals surface area contributed by atoms with Gasteiger partial charge in [-0.1, -0.05) is 15.9 Å². The fraction of sp³-hybridized carbons (Fsp3) is 0.462. The van der Waals surface area contributed by atoms with Gasteiger partial charge in [-0.2, -0.15) is 0 Å². The third kappa shape index (κ3) is 5.02. The van der Waals surface area contributed by atoms with Gasteiger partial charge in [0.1, 0.15) is 5.75 Å². The summed E-state index contributed by atoms with van der Waals surface area (Å²) >= 11 is 3.22. The zero-order chi connectivity index (χ0) is 15.2. The van der Waals surface area contributed by atoms with Crippen molar-refractivity contribution in [2.75, 3.05) is 13.2 Å². The van der Waals surface area contributed by atoms with Crippen LogP contribution < -0.4 is 4.52 Å². The number of rotatable bonds is 8. The molecule has 20 heavy (non-hydrogen) atoms. The minimum Gasteiger partial charge on any atom is -0.404 e. The normalized spacial score (nSPS) is 13.0. The molecule has 0 aliphatic carbocycles. The third-order valence-electron chi connectivity index (χ3n) is 2.29. The van der Waals surface area contributed by atoms with E-state index in [9.17, 15) is 9.36 Å². The first-order chi connectivity index (χ1) is 9.41. The van der Waals surface area contributed by atoms with Gasteiger partial charge in [-0.3, -0.25) is 13.8 Å².